The lowest BCUT2D eigenvalue weighted by atomic mass is 9.83. The van der Waals surface area contributed by atoms with Gasteiger partial charge in [-0.05, 0) is 18.8 Å². The minimum atomic E-state index is -0.0451. The van der Waals surface area contributed by atoms with Gasteiger partial charge in [-0.3, -0.25) is 4.79 Å². The molecule has 1 amide bonds. The zero-order valence-electron chi connectivity index (χ0n) is 11.2. The van der Waals surface area contributed by atoms with Crippen LogP contribution in [0, 0.1) is 5.92 Å². The van der Waals surface area contributed by atoms with Crippen LogP contribution in [0.2, 0.25) is 0 Å². The molecule has 19 heavy (non-hydrogen) atoms. The summed E-state index contributed by atoms with van der Waals surface area (Å²) in [7, 11) is 0. The fourth-order valence-corrected chi connectivity index (χ4v) is 3.29. The van der Waals surface area contributed by atoms with Gasteiger partial charge >= 0.3 is 0 Å². The standard InChI is InChI=1S/C13H21N3OS.ClH/c1-2-9-5-3-4-6-10(9)16-13(17)11-8-18-12(7-14)15-11;/h8-10H,2-7,14H2,1H3,(H,16,17);1H. The van der Waals surface area contributed by atoms with E-state index in [9.17, 15) is 4.79 Å². The van der Waals surface area contributed by atoms with Crippen molar-refractivity contribution in [3.8, 4) is 0 Å². The number of carbonyl (C=O) groups is 1. The van der Waals surface area contributed by atoms with E-state index in [4.69, 9.17) is 5.73 Å². The van der Waals surface area contributed by atoms with E-state index in [2.05, 4.69) is 17.2 Å². The molecule has 2 unspecified atom stereocenters. The molecule has 2 atom stereocenters. The average Bonchev–Trinajstić information content (AvgIpc) is 2.88. The summed E-state index contributed by atoms with van der Waals surface area (Å²) in [6.45, 7) is 2.60. The smallest absolute Gasteiger partial charge is 0.270 e. The van der Waals surface area contributed by atoms with Crippen molar-refractivity contribution in [1.82, 2.24) is 10.3 Å². The van der Waals surface area contributed by atoms with Crippen LogP contribution in [-0.4, -0.2) is 16.9 Å². The summed E-state index contributed by atoms with van der Waals surface area (Å²) in [6, 6.07) is 0.319. The summed E-state index contributed by atoms with van der Waals surface area (Å²) < 4.78 is 0. The lowest BCUT2D eigenvalue weighted by Crippen LogP contribution is -2.42. The van der Waals surface area contributed by atoms with Crippen LogP contribution in [0.4, 0.5) is 0 Å². The summed E-state index contributed by atoms with van der Waals surface area (Å²) in [5.74, 6) is 0.576. The summed E-state index contributed by atoms with van der Waals surface area (Å²) in [5.41, 5.74) is 6.02. The van der Waals surface area contributed by atoms with E-state index in [0.717, 1.165) is 17.8 Å². The molecule has 0 spiro atoms. The molecule has 0 bridgehead atoms. The SMILES string of the molecule is CCC1CCCCC1NC(=O)c1csc(CN)n1.Cl. The third-order valence-corrected chi connectivity index (χ3v) is 4.58. The van der Waals surface area contributed by atoms with E-state index in [1.54, 1.807) is 5.38 Å². The Hall–Kier alpha value is -0.650. The Kier molecular flexibility index (Phi) is 6.75. The number of amides is 1. The molecule has 0 aliphatic heterocycles. The summed E-state index contributed by atoms with van der Waals surface area (Å²) in [6.07, 6.45) is 5.96. The number of nitrogens with two attached hydrogens (primary N) is 1. The van der Waals surface area contributed by atoms with Crippen molar-refractivity contribution >= 4 is 29.7 Å². The summed E-state index contributed by atoms with van der Waals surface area (Å²) in [4.78, 5) is 16.3. The zero-order chi connectivity index (χ0) is 13.0. The number of hydrogen-bond acceptors (Lipinski definition) is 4. The second-order valence-electron chi connectivity index (χ2n) is 4.86. The zero-order valence-corrected chi connectivity index (χ0v) is 12.9. The van der Waals surface area contributed by atoms with E-state index >= 15 is 0 Å². The van der Waals surface area contributed by atoms with E-state index in [1.807, 2.05) is 0 Å². The second-order valence-corrected chi connectivity index (χ2v) is 5.81. The minimum Gasteiger partial charge on any atom is -0.348 e. The van der Waals surface area contributed by atoms with Gasteiger partial charge in [0.25, 0.3) is 5.91 Å². The number of rotatable bonds is 4. The van der Waals surface area contributed by atoms with Crippen LogP contribution in [0.5, 0.6) is 0 Å². The molecule has 0 aromatic carbocycles. The largest absolute Gasteiger partial charge is 0.348 e. The first kappa shape index (κ1) is 16.4. The van der Waals surface area contributed by atoms with Gasteiger partial charge in [0.2, 0.25) is 0 Å². The van der Waals surface area contributed by atoms with Gasteiger partial charge in [-0.15, -0.1) is 23.7 Å². The first-order chi connectivity index (χ1) is 8.74. The number of hydrogen-bond donors (Lipinski definition) is 2. The molecule has 0 saturated heterocycles. The highest BCUT2D eigenvalue weighted by molar-refractivity contribution is 7.09. The molecule has 1 heterocycles. The van der Waals surface area contributed by atoms with Crippen LogP contribution in [0.3, 0.4) is 0 Å². The van der Waals surface area contributed by atoms with Crippen LogP contribution < -0.4 is 11.1 Å². The van der Waals surface area contributed by atoms with Gasteiger partial charge in [0, 0.05) is 18.0 Å². The van der Waals surface area contributed by atoms with Crippen LogP contribution in [0.1, 0.15) is 54.5 Å². The van der Waals surface area contributed by atoms with Crippen molar-refractivity contribution in [3.63, 3.8) is 0 Å². The highest BCUT2D eigenvalue weighted by Crippen LogP contribution is 2.27. The van der Waals surface area contributed by atoms with E-state index < -0.39 is 0 Å². The molecule has 4 nitrogen and oxygen atoms in total. The number of carbonyl (C=O) groups excluding carboxylic acids is 1. The van der Waals surface area contributed by atoms with E-state index in [1.165, 1.54) is 30.6 Å². The number of thiazole rings is 1. The number of nitrogens with zero attached hydrogens (tertiary/aromatic N) is 1. The number of halogens is 1. The topological polar surface area (TPSA) is 68.0 Å². The Morgan fingerprint density at radius 2 is 2.26 bits per heavy atom. The van der Waals surface area contributed by atoms with Crippen LogP contribution >= 0.6 is 23.7 Å². The van der Waals surface area contributed by atoms with Gasteiger partial charge in [0.15, 0.2) is 0 Å². The third-order valence-electron chi connectivity index (χ3n) is 3.71. The number of nitrogens with one attached hydrogen (secondary N) is 1. The van der Waals surface area contributed by atoms with Crippen LogP contribution in [-0.2, 0) is 6.54 Å². The molecule has 3 N–H and O–H groups in total. The quantitative estimate of drug-likeness (QED) is 0.898. The van der Waals surface area contributed by atoms with Crippen molar-refractivity contribution in [1.29, 1.82) is 0 Å². The fourth-order valence-electron chi connectivity index (χ4n) is 2.64. The Bertz CT molecular complexity index is 410. The first-order valence-electron chi connectivity index (χ1n) is 6.70. The predicted molar refractivity (Wildman–Crippen MR) is 80.8 cm³/mol. The molecule has 0 radical (unpaired) electrons. The molecule has 6 heteroatoms. The van der Waals surface area contributed by atoms with Gasteiger partial charge in [0.1, 0.15) is 10.7 Å². The van der Waals surface area contributed by atoms with Gasteiger partial charge in [-0.1, -0.05) is 26.2 Å². The molecular weight excluding hydrogens is 282 g/mol. The third kappa shape index (κ3) is 4.16. The van der Waals surface area contributed by atoms with Crippen LogP contribution in [0.15, 0.2) is 5.38 Å². The summed E-state index contributed by atoms with van der Waals surface area (Å²) >= 11 is 1.45. The van der Waals surface area contributed by atoms with Crippen molar-refractivity contribution in [3.05, 3.63) is 16.1 Å². The van der Waals surface area contributed by atoms with Gasteiger partial charge in [-0.25, -0.2) is 4.98 Å². The second kappa shape index (κ2) is 7.82. The molecular formula is C13H22ClN3OS. The molecule has 1 aliphatic carbocycles. The highest BCUT2D eigenvalue weighted by atomic mass is 35.5. The molecule has 1 aromatic heterocycles. The Morgan fingerprint density at radius 3 is 2.89 bits per heavy atom. The predicted octanol–water partition coefficient (Wildman–Crippen LogP) is 2.72. The van der Waals surface area contributed by atoms with Crippen LogP contribution in [0.25, 0.3) is 0 Å². The molecule has 1 aromatic rings. The van der Waals surface area contributed by atoms with Gasteiger partial charge in [-0.2, -0.15) is 0 Å². The number of aromatic nitrogens is 1. The normalized spacial score (nSPS) is 22.6. The highest BCUT2D eigenvalue weighted by Gasteiger charge is 2.25. The molecule has 2 rings (SSSR count). The maximum absolute atomic E-state index is 12.1. The minimum absolute atomic E-state index is 0. The molecule has 1 fully saturated rings. The first-order valence-corrected chi connectivity index (χ1v) is 7.58. The lowest BCUT2D eigenvalue weighted by Gasteiger charge is -2.31. The summed E-state index contributed by atoms with van der Waals surface area (Å²) in [5, 5.41) is 5.75. The Labute approximate surface area is 124 Å². The molecule has 1 saturated carbocycles. The monoisotopic (exact) mass is 303 g/mol. The molecule has 1 aliphatic rings. The van der Waals surface area contributed by atoms with Gasteiger partial charge < -0.3 is 11.1 Å². The van der Waals surface area contributed by atoms with Crippen molar-refractivity contribution in [2.75, 3.05) is 0 Å². The van der Waals surface area contributed by atoms with E-state index in [0.29, 0.717) is 24.2 Å². The van der Waals surface area contributed by atoms with Crippen molar-refractivity contribution in [2.24, 2.45) is 11.7 Å². The van der Waals surface area contributed by atoms with Crippen molar-refractivity contribution < 1.29 is 4.79 Å². The Morgan fingerprint density at radius 1 is 1.53 bits per heavy atom. The molecule has 108 valence electrons. The maximum Gasteiger partial charge on any atom is 0.270 e. The lowest BCUT2D eigenvalue weighted by molar-refractivity contribution is 0.0900. The fraction of sp³-hybridized carbons (Fsp3) is 0.692. The average molecular weight is 304 g/mol. The van der Waals surface area contributed by atoms with Gasteiger partial charge in [0.05, 0.1) is 0 Å². The van der Waals surface area contributed by atoms with Crippen molar-refractivity contribution in [2.45, 2.75) is 51.6 Å². The maximum atomic E-state index is 12.1. The van der Waals surface area contributed by atoms with E-state index in [-0.39, 0.29) is 18.3 Å². The Balaban J connectivity index is 0.00000180.